The van der Waals surface area contributed by atoms with Crippen LogP contribution in [0, 0.1) is 11.3 Å². The molecule has 6 N–H and O–H groups in total. The molecule has 2 aromatic carbocycles. The highest BCUT2D eigenvalue weighted by Gasteiger charge is 2.78. The van der Waals surface area contributed by atoms with Gasteiger partial charge < -0.3 is 35.7 Å². The number of aromatic amines is 1. The molecule has 6 aliphatic rings. The monoisotopic (exact) mass is 737 g/mol. The second-order valence-corrected chi connectivity index (χ2v) is 17.6. The van der Waals surface area contributed by atoms with Crippen LogP contribution < -0.4 is 15.4 Å². The third kappa shape index (κ3) is 4.30. The number of nitrogens with two attached hydrogens (primary N) is 1. The molecule has 1 aliphatic carbocycles. The number of nitrogens with zero attached hydrogens (tertiary/aromatic N) is 3. The van der Waals surface area contributed by atoms with Crippen molar-refractivity contribution in [2.75, 3.05) is 51.8 Å². The van der Waals surface area contributed by atoms with E-state index in [2.05, 4.69) is 33.0 Å². The lowest BCUT2D eigenvalue weighted by molar-refractivity contribution is -0.201. The summed E-state index contributed by atoms with van der Waals surface area (Å²) in [5.74, 6) is -0.424. The Morgan fingerprint density at radius 3 is 2.54 bits per heavy atom. The Balaban J connectivity index is 1.35. The van der Waals surface area contributed by atoms with Crippen LogP contribution in [0.25, 0.3) is 10.9 Å². The summed E-state index contributed by atoms with van der Waals surface area (Å²) in [6.07, 6.45) is 6.12. The van der Waals surface area contributed by atoms with E-state index in [0.717, 1.165) is 52.1 Å². The normalized spacial score (nSPS) is 39.6. The van der Waals surface area contributed by atoms with Crippen LogP contribution in [0.15, 0.2) is 48.6 Å². The Kier molecular flexibility index (Phi) is 7.91. The Morgan fingerprint density at radius 1 is 1.06 bits per heavy atom. The molecule has 2 bridgehead atoms. The standard InChI is InChI=1S/C43H55N5O6/c1-6-39(52)21-26-22-42(25(3)49,34-28(13-17-47(23-26)24-39)27-11-8-9-12-31(27)45-34)30-19-29-32(20-33(30)54-5)46(4)36-41(29)15-18-48-16-10-14-40(7-2,35(41)48)37(50)43(36,53)38(44)51/h8-12,14,19-20,26,35-37,45,50,52-53H,6-7,13,15-18,21-24H2,1-5H3,(H2,44,51)/t26-,35-,36+,37+,39-,40+,41+,42-,43-/m0/s1. The van der Waals surface area contributed by atoms with E-state index in [-0.39, 0.29) is 17.7 Å². The number of hydrogen-bond donors (Lipinski definition) is 5. The minimum Gasteiger partial charge on any atom is -0.496 e. The van der Waals surface area contributed by atoms with Gasteiger partial charge in [0, 0.05) is 84.0 Å². The molecule has 54 heavy (non-hydrogen) atoms. The fourth-order valence-corrected chi connectivity index (χ4v) is 13.1. The first-order valence-corrected chi connectivity index (χ1v) is 19.9. The smallest absolute Gasteiger partial charge is 0.254 e. The van der Waals surface area contributed by atoms with Crippen LogP contribution in [0.1, 0.15) is 75.3 Å². The van der Waals surface area contributed by atoms with E-state index in [0.29, 0.717) is 63.9 Å². The van der Waals surface area contributed by atoms with Gasteiger partial charge in [-0.1, -0.05) is 44.2 Å². The third-order valence-electron chi connectivity index (χ3n) is 15.3. The van der Waals surface area contributed by atoms with E-state index in [1.165, 1.54) is 0 Å². The number of amides is 1. The maximum Gasteiger partial charge on any atom is 0.254 e. The molecule has 11 heteroatoms. The molecule has 1 aromatic heterocycles. The number of ketones is 1. The van der Waals surface area contributed by atoms with Crippen LogP contribution in [-0.2, 0) is 26.8 Å². The van der Waals surface area contributed by atoms with Gasteiger partial charge in [-0.25, -0.2) is 0 Å². The highest BCUT2D eigenvalue weighted by Crippen LogP contribution is 2.67. The number of primary amides is 1. The van der Waals surface area contributed by atoms with Crippen molar-refractivity contribution in [2.24, 2.45) is 17.1 Å². The average Bonchev–Trinajstić information content (AvgIpc) is 3.82. The second-order valence-electron chi connectivity index (χ2n) is 17.6. The number of piperidine rings is 1. The van der Waals surface area contributed by atoms with Crippen molar-refractivity contribution >= 4 is 28.3 Å². The first kappa shape index (κ1) is 35.9. The zero-order valence-corrected chi connectivity index (χ0v) is 32.2. The van der Waals surface area contributed by atoms with Gasteiger partial charge in [-0.05, 0) is 81.2 Å². The second kappa shape index (κ2) is 11.9. The maximum atomic E-state index is 15.1. The minimum atomic E-state index is -2.28. The number of likely N-dealkylation sites (N-methyl/N-ethyl adjacent to an activating group) is 1. The fraction of sp³-hybridized carbons (Fsp3) is 0.581. The Hall–Kier alpha value is -3.74. The molecule has 1 unspecified atom stereocenters. The molecular weight excluding hydrogens is 683 g/mol. The highest BCUT2D eigenvalue weighted by atomic mass is 16.5. The van der Waals surface area contributed by atoms with Gasteiger partial charge >= 0.3 is 0 Å². The molecule has 0 radical (unpaired) electrons. The summed E-state index contributed by atoms with van der Waals surface area (Å²) in [5.41, 5.74) is 5.49. The van der Waals surface area contributed by atoms with Gasteiger partial charge in [0.15, 0.2) is 5.60 Å². The van der Waals surface area contributed by atoms with E-state index in [9.17, 15) is 20.1 Å². The number of rotatable bonds is 6. The molecule has 3 fully saturated rings. The number of aliphatic hydroxyl groups is 3. The number of methoxy groups -OCH3 is 1. The molecule has 11 nitrogen and oxygen atoms in total. The largest absolute Gasteiger partial charge is 0.496 e. The molecule has 2 saturated heterocycles. The van der Waals surface area contributed by atoms with Crippen molar-refractivity contribution in [2.45, 2.75) is 99.5 Å². The van der Waals surface area contributed by atoms with Crippen molar-refractivity contribution in [1.82, 2.24) is 14.8 Å². The quantitative estimate of drug-likeness (QED) is 0.240. The van der Waals surface area contributed by atoms with Crippen LogP contribution >= 0.6 is 0 Å². The number of aliphatic hydroxyl groups excluding tert-OH is 1. The molecule has 10 atom stereocenters. The topological polar surface area (TPSA) is 156 Å². The molecule has 1 spiro atoms. The Bertz CT molecular complexity index is 2100. The number of aromatic nitrogens is 1. The van der Waals surface area contributed by atoms with Crippen LogP contribution in [-0.4, -0.2) is 118 Å². The Labute approximate surface area is 317 Å². The Morgan fingerprint density at radius 2 is 1.83 bits per heavy atom. The number of nitrogens with one attached hydrogen (secondary N) is 1. The zero-order valence-electron chi connectivity index (χ0n) is 32.2. The number of benzene rings is 2. The number of hydrogen-bond acceptors (Lipinski definition) is 9. The van der Waals surface area contributed by atoms with Crippen molar-refractivity contribution < 1.29 is 29.6 Å². The number of H-pyrrole nitrogens is 1. The number of anilines is 1. The average molecular weight is 738 g/mol. The summed E-state index contributed by atoms with van der Waals surface area (Å²) < 4.78 is 6.33. The van der Waals surface area contributed by atoms with Crippen molar-refractivity contribution in [3.63, 3.8) is 0 Å². The molecular formula is C43H55N5O6. The number of fused-ring (bicyclic) bond motifs is 6. The van der Waals surface area contributed by atoms with Gasteiger partial charge in [0.25, 0.3) is 5.91 Å². The van der Waals surface area contributed by atoms with E-state index in [1.54, 1.807) is 14.0 Å². The summed E-state index contributed by atoms with van der Waals surface area (Å²) in [5, 5.41) is 38.0. The van der Waals surface area contributed by atoms with Gasteiger partial charge in [0.1, 0.15) is 17.6 Å². The third-order valence-corrected chi connectivity index (χ3v) is 15.3. The predicted octanol–water partition coefficient (Wildman–Crippen LogP) is 3.15. The van der Waals surface area contributed by atoms with Crippen molar-refractivity contribution in [1.29, 1.82) is 0 Å². The number of Topliss-reactive ketones (excluding diaryl/α,β-unsaturated/α-hetero) is 1. The summed E-state index contributed by atoms with van der Waals surface area (Å²) in [7, 11) is 3.50. The lowest BCUT2D eigenvalue weighted by atomic mass is 9.47. The van der Waals surface area contributed by atoms with Gasteiger partial charge in [0.2, 0.25) is 0 Å². The molecule has 1 saturated carbocycles. The lowest BCUT2D eigenvalue weighted by Crippen LogP contribution is -2.81. The van der Waals surface area contributed by atoms with Gasteiger partial charge in [-0.2, -0.15) is 0 Å². The first-order valence-electron chi connectivity index (χ1n) is 19.9. The summed E-state index contributed by atoms with van der Waals surface area (Å²) >= 11 is 0. The summed E-state index contributed by atoms with van der Waals surface area (Å²) in [6, 6.07) is 11.3. The lowest BCUT2D eigenvalue weighted by Gasteiger charge is -2.63. The van der Waals surface area contributed by atoms with E-state index in [1.807, 2.05) is 56.1 Å². The molecule has 6 heterocycles. The summed E-state index contributed by atoms with van der Waals surface area (Å²) in [6.45, 7) is 9.27. The van der Waals surface area contributed by atoms with Gasteiger partial charge in [-0.3, -0.25) is 19.4 Å². The highest BCUT2D eigenvalue weighted by molar-refractivity contribution is 5.97. The minimum absolute atomic E-state index is 0.000478. The molecule has 5 aliphatic heterocycles. The van der Waals surface area contributed by atoms with Gasteiger partial charge in [0.05, 0.1) is 24.2 Å². The van der Waals surface area contributed by atoms with Crippen LogP contribution in [0.5, 0.6) is 5.75 Å². The van der Waals surface area contributed by atoms with Crippen LogP contribution in [0.2, 0.25) is 0 Å². The van der Waals surface area contributed by atoms with E-state index in [4.69, 9.17) is 10.5 Å². The molecule has 1 amide bonds. The van der Waals surface area contributed by atoms with Crippen molar-refractivity contribution in [3.05, 3.63) is 70.9 Å². The number of ether oxygens (including phenoxy) is 1. The zero-order chi connectivity index (χ0) is 38.2. The number of carbonyl (C=O) groups excluding carboxylic acids is 2. The predicted molar refractivity (Wildman–Crippen MR) is 207 cm³/mol. The SMILES string of the molecule is CC[C@]1(O)C[C@@H]2CN(CCc3c([nH]c4ccccc34)[C@@](C(C)=O)(c3cc4c(cc3OC)N(C)[C@H]3[C@@](O)(C(N)=O)[C@H](O)[C@]5(CC)C=CCN6CC[C@]43[C@@H]65)C2)C1. The van der Waals surface area contributed by atoms with Crippen molar-refractivity contribution in [3.8, 4) is 5.75 Å². The van der Waals surface area contributed by atoms with E-state index < -0.39 is 45.5 Å². The maximum absolute atomic E-state index is 15.1. The first-order chi connectivity index (χ1) is 25.8. The molecule has 9 rings (SSSR count). The van der Waals surface area contributed by atoms with Crippen LogP contribution in [0.3, 0.4) is 0 Å². The van der Waals surface area contributed by atoms with E-state index >= 15 is 4.79 Å². The van der Waals surface area contributed by atoms with Crippen LogP contribution in [0.4, 0.5) is 5.69 Å². The van der Waals surface area contributed by atoms with Gasteiger partial charge in [-0.15, -0.1) is 0 Å². The number of carbonyl (C=O) groups is 2. The fourth-order valence-electron chi connectivity index (χ4n) is 13.1. The molecule has 3 aromatic rings. The number of para-hydroxylation sites is 1. The molecule has 288 valence electrons. The summed E-state index contributed by atoms with van der Waals surface area (Å²) in [4.78, 5) is 39.2.